The van der Waals surface area contributed by atoms with Crippen molar-refractivity contribution in [3.63, 3.8) is 0 Å². The number of alkyl halides is 3. The number of hydrogen-bond acceptors (Lipinski definition) is 5. The lowest BCUT2D eigenvalue weighted by Crippen LogP contribution is -2.27. The number of anilines is 1. The van der Waals surface area contributed by atoms with E-state index in [-0.39, 0.29) is 22.5 Å². The van der Waals surface area contributed by atoms with Crippen molar-refractivity contribution in [1.29, 1.82) is 5.26 Å². The SMILES string of the molecule is N#Cc1cccc(N=C(C=C(N)C(F)(F)F)C(=O)Nc2cccc(C(NCC3CC3)c3c(F)cccc3F)c2)c1. The number of carbonyl (C=O) groups excluding carboxylic acids is 1. The topological polar surface area (TPSA) is 103 Å². The average molecular weight is 554 g/mol. The van der Waals surface area contributed by atoms with Gasteiger partial charge < -0.3 is 16.4 Å². The highest BCUT2D eigenvalue weighted by molar-refractivity contribution is 6.47. The number of amides is 1. The maximum atomic E-state index is 14.7. The molecule has 1 aliphatic carbocycles. The molecule has 6 nitrogen and oxygen atoms in total. The number of aliphatic imine (C=N–C) groups is 1. The molecule has 3 aromatic carbocycles. The van der Waals surface area contributed by atoms with E-state index in [2.05, 4.69) is 15.6 Å². The van der Waals surface area contributed by atoms with Gasteiger partial charge in [-0.15, -0.1) is 0 Å². The van der Waals surface area contributed by atoms with Crippen molar-refractivity contribution in [3.8, 4) is 6.07 Å². The number of benzene rings is 3. The van der Waals surface area contributed by atoms with E-state index in [1.165, 1.54) is 42.5 Å². The van der Waals surface area contributed by atoms with Gasteiger partial charge in [0.05, 0.1) is 23.4 Å². The second kappa shape index (κ2) is 12.1. The number of nitrogens with zero attached hydrogens (tertiary/aromatic N) is 2. The lowest BCUT2D eigenvalue weighted by molar-refractivity contribution is -0.110. The molecule has 1 aliphatic rings. The smallest absolute Gasteiger partial charge is 0.395 e. The Morgan fingerprint density at radius 2 is 1.75 bits per heavy atom. The number of nitriles is 1. The monoisotopic (exact) mass is 553 g/mol. The zero-order valence-electron chi connectivity index (χ0n) is 21.0. The summed E-state index contributed by atoms with van der Waals surface area (Å²) in [7, 11) is 0. The molecule has 0 aromatic heterocycles. The van der Waals surface area contributed by atoms with Crippen LogP contribution in [0.25, 0.3) is 0 Å². The molecule has 1 fully saturated rings. The standard InChI is InChI=1S/C29H24F5N5O/c30-22-8-3-9-23(31)26(22)27(37-16-17-10-11-17)19-5-2-7-21(13-19)39-28(40)24(14-25(36)29(32,33)34)38-20-6-1-4-18(12-20)15-35/h1-9,12-14,17,27,37H,10-11,16,36H2,(H,39,40). The summed E-state index contributed by atoms with van der Waals surface area (Å²) in [5.41, 5.74) is 3.57. The molecule has 1 unspecified atom stereocenters. The molecular weight excluding hydrogens is 529 g/mol. The third-order valence-corrected chi connectivity index (χ3v) is 6.15. The third kappa shape index (κ3) is 7.30. The van der Waals surface area contributed by atoms with Gasteiger partial charge in [-0.1, -0.05) is 24.3 Å². The van der Waals surface area contributed by atoms with Gasteiger partial charge in [-0.05, 0) is 79.4 Å². The molecule has 1 atom stereocenters. The highest BCUT2D eigenvalue weighted by Crippen LogP contribution is 2.32. The van der Waals surface area contributed by atoms with Gasteiger partial charge in [-0.3, -0.25) is 4.79 Å². The fraction of sp³-hybridized carbons (Fsp3) is 0.207. The van der Waals surface area contributed by atoms with Gasteiger partial charge >= 0.3 is 6.18 Å². The van der Waals surface area contributed by atoms with Crippen LogP contribution >= 0.6 is 0 Å². The van der Waals surface area contributed by atoms with Crippen molar-refractivity contribution < 1.29 is 26.7 Å². The van der Waals surface area contributed by atoms with Crippen LogP contribution in [0.4, 0.5) is 33.3 Å². The van der Waals surface area contributed by atoms with Gasteiger partial charge in [0.25, 0.3) is 5.91 Å². The van der Waals surface area contributed by atoms with E-state index in [1.807, 2.05) is 6.07 Å². The van der Waals surface area contributed by atoms with Crippen molar-refractivity contribution in [1.82, 2.24) is 5.32 Å². The summed E-state index contributed by atoms with van der Waals surface area (Å²) in [6, 6.07) is 16.3. The van der Waals surface area contributed by atoms with E-state index in [0.29, 0.717) is 24.1 Å². The molecule has 3 aromatic rings. The average Bonchev–Trinajstić information content (AvgIpc) is 3.74. The molecule has 4 rings (SSSR count). The van der Waals surface area contributed by atoms with E-state index in [9.17, 15) is 26.7 Å². The quantitative estimate of drug-likeness (QED) is 0.222. The number of carbonyl (C=O) groups is 1. The molecule has 0 saturated heterocycles. The minimum Gasteiger partial charge on any atom is -0.395 e. The maximum Gasteiger partial charge on any atom is 0.430 e. The molecule has 0 radical (unpaired) electrons. The van der Waals surface area contributed by atoms with Gasteiger partial charge in [0.15, 0.2) is 0 Å². The lowest BCUT2D eigenvalue weighted by atomic mass is 9.96. The van der Waals surface area contributed by atoms with Gasteiger partial charge in [0.2, 0.25) is 0 Å². The van der Waals surface area contributed by atoms with Gasteiger partial charge in [0, 0.05) is 11.3 Å². The molecule has 0 bridgehead atoms. The predicted octanol–water partition coefficient (Wildman–Crippen LogP) is 6.04. The van der Waals surface area contributed by atoms with Crippen LogP contribution in [0.5, 0.6) is 0 Å². The van der Waals surface area contributed by atoms with Crippen LogP contribution in [-0.2, 0) is 4.79 Å². The number of nitrogens with two attached hydrogens (primary N) is 1. The van der Waals surface area contributed by atoms with Crippen LogP contribution in [-0.4, -0.2) is 24.3 Å². The molecule has 0 heterocycles. The Labute approximate surface area is 227 Å². The minimum atomic E-state index is -4.92. The van der Waals surface area contributed by atoms with E-state index in [4.69, 9.17) is 11.0 Å². The zero-order chi connectivity index (χ0) is 28.9. The number of hydrogen-bond donors (Lipinski definition) is 3. The summed E-state index contributed by atoms with van der Waals surface area (Å²) in [5.74, 6) is -2.12. The van der Waals surface area contributed by atoms with Gasteiger partial charge in [0.1, 0.15) is 23.0 Å². The molecule has 40 heavy (non-hydrogen) atoms. The Morgan fingerprint density at radius 1 is 1.07 bits per heavy atom. The normalized spacial score (nSPS) is 14.9. The van der Waals surface area contributed by atoms with E-state index in [1.54, 1.807) is 12.1 Å². The fourth-order valence-corrected chi connectivity index (χ4v) is 3.93. The highest BCUT2D eigenvalue weighted by atomic mass is 19.4. The van der Waals surface area contributed by atoms with Crippen LogP contribution in [0.3, 0.4) is 0 Å². The first-order valence-electron chi connectivity index (χ1n) is 12.3. The summed E-state index contributed by atoms with van der Waals surface area (Å²) in [6.07, 6.45) is -2.51. The number of halogens is 5. The summed E-state index contributed by atoms with van der Waals surface area (Å²) in [6.45, 7) is 0.523. The van der Waals surface area contributed by atoms with Crippen molar-refractivity contribution in [2.24, 2.45) is 16.6 Å². The first kappa shape index (κ1) is 28.4. The first-order chi connectivity index (χ1) is 19.0. The van der Waals surface area contributed by atoms with E-state index < -0.39 is 41.2 Å². The molecule has 11 heteroatoms. The Kier molecular flexibility index (Phi) is 8.60. The Balaban J connectivity index is 1.67. The van der Waals surface area contributed by atoms with Crippen molar-refractivity contribution >= 4 is 23.0 Å². The van der Waals surface area contributed by atoms with Crippen LogP contribution in [0.2, 0.25) is 0 Å². The number of nitrogens with one attached hydrogen (secondary N) is 2. The minimum absolute atomic E-state index is 0.0588. The van der Waals surface area contributed by atoms with Crippen molar-refractivity contribution in [3.05, 3.63) is 107 Å². The van der Waals surface area contributed by atoms with Crippen LogP contribution in [0.15, 0.2) is 83.5 Å². The maximum absolute atomic E-state index is 14.7. The molecule has 206 valence electrons. The second-order valence-corrected chi connectivity index (χ2v) is 9.26. The molecule has 1 saturated carbocycles. The molecule has 0 aliphatic heterocycles. The summed E-state index contributed by atoms with van der Waals surface area (Å²) >= 11 is 0. The van der Waals surface area contributed by atoms with E-state index in [0.717, 1.165) is 25.0 Å². The van der Waals surface area contributed by atoms with Gasteiger partial charge in [-0.2, -0.15) is 18.4 Å². The predicted molar refractivity (Wildman–Crippen MR) is 141 cm³/mol. The second-order valence-electron chi connectivity index (χ2n) is 9.26. The molecule has 1 amide bonds. The van der Waals surface area contributed by atoms with Crippen LogP contribution < -0.4 is 16.4 Å². The highest BCUT2D eigenvalue weighted by Gasteiger charge is 2.32. The van der Waals surface area contributed by atoms with Crippen LogP contribution in [0.1, 0.15) is 35.6 Å². The van der Waals surface area contributed by atoms with Gasteiger partial charge in [-0.25, -0.2) is 13.8 Å². The Hall–Kier alpha value is -4.56. The molecular formula is C29H24F5N5O. The Morgan fingerprint density at radius 3 is 2.40 bits per heavy atom. The summed E-state index contributed by atoms with van der Waals surface area (Å²) < 4.78 is 69.0. The van der Waals surface area contributed by atoms with E-state index >= 15 is 0 Å². The number of rotatable bonds is 9. The molecule has 0 spiro atoms. The zero-order valence-corrected chi connectivity index (χ0v) is 21.0. The summed E-state index contributed by atoms with van der Waals surface area (Å²) in [4.78, 5) is 17.1. The van der Waals surface area contributed by atoms with Crippen LogP contribution in [0, 0.1) is 28.9 Å². The third-order valence-electron chi connectivity index (χ3n) is 6.15. The lowest BCUT2D eigenvalue weighted by Gasteiger charge is -2.22. The first-order valence-corrected chi connectivity index (χ1v) is 12.3. The van der Waals surface area contributed by atoms with Crippen molar-refractivity contribution in [2.75, 3.05) is 11.9 Å². The Bertz CT molecular complexity index is 1480. The molecule has 4 N–H and O–H groups in total. The number of allylic oxidation sites excluding steroid dienone is 1. The summed E-state index contributed by atoms with van der Waals surface area (Å²) in [5, 5.41) is 14.8. The van der Waals surface area contributed by atoms with Crippen molar-refractivity contribution in [2.45, 2.75) is 25.1 Å². The largest absolute Gasteiger partial charge is 0.430 e. The fourth-order valence-electron chi connectivity index (χ4n) is 3.93.